The van der Waals surface area contributed by atoms with Gasteiger partial charge in [-0.2, -0.15) is 0 Å². The van der Waals surface area contributed by atoms with Gasteiger partial charge in [-0.1, -0.05) is 42.8 Å². The summed E-state index contributed by atoms with van der Waals surface area (Å²) in [6, 6.07) is 9.64. The molecular weight excluding hydrogens is 194 g/mol. The summed E-state index contributed by atoms with van der Waals surface area (Å²) in [6.45, 7) is 5.42. The molecule has 16 heavy (non-hydrogen) atoms. The van der Waals surface area contributed by atoms with Crippen LogP contribution >= 0.6 is 0 Å². The minimum atomic E-state index is 0.797. The summed E-state index contributed by atoms with van der Waals surface area (Å²) in [4.78, 5) is 0. The fourth-order valence-corrected chi connectivity index (χ4v) is 1.78. The molecule has 1 saturated carbocycles. The molecule has 0 heterocycles. The van der Waals surface area contributed by atoms with Crippen LogP contribution in [0.2, 0.25) is 0 Å². The second kappa shape index (κ2) is 5.31. The predicted octanol–water partition coefficient (Wildman–Crippen LogP) is 3.40. The SMILES string of the molecule is CCc1ccc(C=C(C)CNC2CC2)cc1. The highest BCUT2D eigenvalue weighted by molar-refractivity contribution is 5.53. The molecule has 0 amide bonds. The Kier molecular flexibility index (Phi) is 3.79. The summed E-state index contributed by atoms with van der Waals surface area (Å²) in [6.07, 6.45) is 6.11. The molecule has 0 unspecified atom stereocenters. The Hall–Kier alpha value is -1.08. The summed E-state index contributed by atoms with van der Waals surface area (Å²) in [5.41, 5.74) is 4.13. The average Bonchev–Trinajstić information content (AvgIpc) is 3.11. The molecule has 2 rings (SSSR count). The van der Waals surface area contributed by atoms with E-state index in [0.717, 1.165) is 19.0 Å². The lowest BCUT2D eigenvalue weighted by atomic mass is 10.1. The van der Waals surface area contributed by atoms with E-state index >= 15 is 0 Å². The Labute approximate surface area is 98.6 Å². The van der Waals surface area contributed by atoms with Crippen LogP contribution in [0.25, 0.3) is 6.08 Å². The molecule has 0 radical (unpaired) electrons. The molecule has 1 aliphatic rings. The second-order valence-electron chi connectivity index (χ2n) is 4.74. The molecule has 1 N–H and O–H groups in total. The molecule has 0 spiro atoms. The van der Waals surface area contributed by atoms with E-state index in [1.807, 2.05) is 0 Å². The fraction of sp³-hybridized carbons (Fsp3) is 0.467. The van der Waals surface area contributed by atoms with Crippen molar-refractivity contribution in [1.82, 2.24) is 5.32 Å². The van der Waals surface area contributed by atoms with Gasteiger partial charge in [0.1, 0.15) is 0 Å². The summed E-state index contributed by atoms with van der Waals surface area (Å²) >= 11 is 0. The largest absolute Gasteiger partial charge is 0.310 e. The number of hydrogen-bond donors (Lipinski definition) is 1. The van der Waals surface area contributed by atoms with Gasteiger partial charge in [0.05, 0.1) is 0 Å². The summed E-state index contributed by atoms with van der Waals surface area (Å²) in [5, 5.41) is 3.53. The van der Waals surface area contributed by atoms with Crippen LogP contribution in [0.15, 0.2) is 29.8 Å². The van der Waals surface area contributed by atoms with Crippen molar-refractivity contribution in [3.63, 3.8) is 0 Å². The first kappa shape index (κ1) is 11.4. The molecule has 0 saturated heterocycles. The molecule has 1 heteroatoms. The lowest BCUT2D eigenvalue weighted by molar-refractivity contribution is 0.736. The number of rotatable bonds is 5. The zero-order valence-electron chi connectivity index (χ0n) is 10.3. The maximum absolute atomic E-state index is 3.53. The second-order valence-corrected chi connectivity index (χ2v) is 4.74. The zero-order valence-corrected chi connectivity index (χ0v) is 10.3. The zero-order chi connectivity index (χ0) is 11.4. The van der Waals surface area contributed by atoms with E-state index in [0.29, 0.717) is 0 Å². The fourth-order valence-electron chi connectivity index (χ4n) is 1.78. The average molecular weight is 215 g/mol. The van der Waals surface area contributed by atoms with Crippen molar-refractivity contribution >= 4 is 6.08 Å². The Morgan fingerprint density at radius 3 is 2.56 bits per heavy atom. The van der Waals surface area contributed by atoms with Gasteiger partial charge >= 0.3 is 0 Å². The minimum Gasteiger partial charge on any atom is -0.310 e. The van der Waals surface area contributed by atoms with Crippen molar-refractivity contribution in [2.24, 2.45) is 0 Å². The van der Waals surface area contributed by atoms with Crippen LogP contribution in [-0.4, -0.2) is 12.6 Å². The molecule has 1 aliphatic carbocycles. The molecule has 0 atom stereocenters. The number of aryl methyl sites for hydroxylation is 1. The van der Waals surface area contributed by atoms with Gasteiger partial charge in [0.2, 0.25) is 0 Å². The van der Waals surface area contributed by atoms with Crippen LogP contribution in [0.3, 0.4) is 0 Å². The van der Waals surface area contributed by atoms with Gasteiger partial charge in [-0.05, 0) is 37.3 Å². The van der Waals surface area contributed by atoms with Crippen LogP contribution in [-0.2, 0) is 6.42 Å². The van der Waals surface area contributed by atoms with Gasteiger partial charge in [-0.25, -0.2) is 0 Å². The normalized spacial score (nSPS) is 16.5. The maximum atomic E-state index is 3.53. The number of benzene rings is 1. The van der Waals surface area contributed by atoms with E-state index in [1.165, 1.54) is 29.5 Å². The summed E-state index contributed by atoms with van der Waals surface area (Å²) < 4.78 is 0. The first-order valence-corrected chi connectivity index (χ1v) is 6.27. The molecule has 86 valence electrons. The first-order valence-electron chi connectivity index (χ1n) is 6.27. The van der Waals surface area contributed by atoms with Gasteiger partial charge in [0.15, 0.2) is 0 Å². The molecule has 0 bridgehead atoms. The Morgan fingerprint density at radius 1 is 1.31 bits per heavy atom. The quantitative estimate of drug-likeness (QED) is 0.793. The monoisotopic (exact) mass is 215 g/mol. The van der Waals surface area contributed by atoms with E-state index in [1.54, 1.807) is 0 Å². The van der Waals surface area contributed by atoms with Crippen molar-refractivity contribution in [2.75, 3.05) is 6.54 Å². The van der Waals surface area contributed by atoms with Crippen LogP contribution < -0.4 is 5.32 Å². The first-order chi connectivity index (χ1) is 7.78. The van der Waals surface area contributed by atoms with Crippen LogP contribution in [0.1, 0.15) is 37.8 Å². The standard InChI is InChI=1S/C15H21N/c1-3-13-4-6-14(7-5-13)10-12(2)11-16-15-8-9-15/h4-7,10,15-16H,3,8-9,11H2,1-2H3. The summed E-state index contributed by atoms with van der Waals surface area (Å²) in [7, 11) is 0. The predicted molar refractivity (Wildman–Crippen MR) is 70.5 cm³/mol. The van der Waals surface area contributed by atoms with E-state index < -0.39 is 0 Å². The van der Waals surface area contributed by atoms with Crippen LogP contribution in [0.4, 0.5) is 0 Å². The highest BCUT2D eigenvalue weighted by Gasteiger charge is 2.19. The molecule has 1 aromatic carbocycles. The van der Waals surface area contributed by atoms with Crippen LogP contribution in [0.5, 0.6) is 0 Å². The Bertz CT molecular complexity index is 358. The van der Waals surface area contributed by atoms with E-state index in [2.05, 4.69) is 49.5 Å². The van der Waals surface area contributed by atoms with E-state index in [-0.39, 0.29) is 0 Å². The van der Waals surface area contributed by atoms with Crippen molar-refractivity contribution in [1.29, 1.82) is 0 Å². The number of nitrogens with one attached hydrogen (secondary N) is 1. The van der Waals surface area contributed by atoms with Crippen molar-refractivity contribution < 1.29 is 0 Å². The van der Waals surface area contributed by atoms with Gasteiger partial charge in [-0.3, -0.25) is 0 Å². The van der Waals surface area contributed by atoms with Crippen molar-refractivity contribution in [2.45, 2.75) is 39.2 Å². The van der Waals surface area contributed by atoms with Gasteiger partial charge in [0, 0.05) is 12.6 Å². The third kappa shape index (κ3) is 3.49. The van der Waals surface area contributed by atoms with Gasteiger partial charge in [0.25, 0.3) is 0 Å². The highest BCUT2D eigenvalue weighted by Crippen LogP contribution is 2.19. The van der Waals surface area contributed by atoms with Crippen LogP contribution in [0, 0.1) is 0 Å². The smallest absolute Gasteiger partial charge is 0.0167 e. The van der Waals surface area contributed by atoms with Crippen molar-refractivity contribution in [3.8, 4) is 0 Å². The molecule has 1 nitrogen and oxygen atoms in total. The highest BCUT2D eigenvalue weighted by atomic mass is 14.9. The van der Waals surface area contributed by atoms with Gasteiger partial charge < -0.3 is 5.32 Å². The van der Waals surface area contributed by atoms with Crippen molar-refractivity contribution in [3.05, 3.63) is 41.0 Å². The lowest BCUT2D eigenvalue weighted by Crippen LogP contribution is -2.18. The third-order valence-corrected chi connectivity index (χ3v) is 3.05. The topological polar surface area (TPSA) is 12.0 Å². The maximum Gasteiger partial charge on any atom is 0.0167 e. The molecule has 1 fully saturated rings. The molecule has 0 aliphatic heterocycles. The van der Waals surface area contributed by atoms with E-state index in [4.69, 9.17) is 0 Å². The molecule has 1 aromatic rings. The Balaban J connectivity index is 1.91. The molecule has 0 aromatic heterocycles. The number of hydrogen-bond acceptors (Lipinski definition) is 1. The minimum absolute atomic E-state index is 0.797. The lowest BCUT2D eigenvalue weighted by Gasteiger charge is -2.03. The summed E-state index contributed by atoms with van der Waals surface area (Å²) in [5.74, 6) is 0. The van der Waals surface area contributed by atoms with Gasteiger partial charge in [-0.15, -0.1) is 0 Å². The molecular formula is C15H21N. The third-order valence-electron chi connectivity index (χ3n) is 3.05. The van der Waals surface area contributed by atoms with E-state index in [9.17, 15) is 0 Å². The Morgan fingerprint density at radius 2 is 2.00 bits per heavy atom.